The molecule has 1 unspecified atom stereocenters. The van der Waals surface area contributed by atoms with E-state index in [0.717, 1.165) is 10.2 Å². The third-order valence-electron chi connectivity index (χ3n) is 2.88. The highest BCUT2D eigenvalue weighted by Crippen LogP contribution is 2.28. The van der Waals surface area contributed by atoms with Crippen molar-refractivity contribution in [2.24, 2.45) is 0 Å². The zero-order valence-corrected chi connectivity index (χ0v) is 13.2. The summed E-state index contributed by atoms with van der Waals surface area (Å²) in [5.74, 6) is 0.618. The van der Waals surface area contributed by atoms with Gasteiger partial charge < -0.3 is 10.1 Å². The number of likely N-dealkylation sites (N-methyl/N-ethyl adjacent to an activating group) is 1. The van der Waals surface area contributed by atoms with Gasteiger partial charge in [-0.2, -0.15) is 0 Å². The molecule has 18 heavy (non-hydrogen) atoms. The fraction of sp³-hybridized carbons (Fsp3) is 0.462. The van der Waals surface area contributed by atoms with Crippen LogP contribution < -0.4 is 5.32 Å². The molecule has 1 aromatic carbocycles. The Morgan fingerprint density at radius 3 is 2.72 bits per heavy atom. The molecule has 100 valence electrons. The van der Waals surface area contributed by atoms with Crippen molar-refractivity contribution in [1.29, 1.82) is 0 Å². The summed E-state index contributed by atoms with van der Waals surface area (Å²) >= 11 is 5.23. The number of ether oxygens (including phenoxy) is 1. The molecule has 3 nitrogen and oxygen atoms in total. The Balaban J connectivity index is 2.55. The predicted molar refractivity (Wildman–Crippen MR) is 79.0 cm³/mol. The Bertz CT molecular complexity index is 414. The number of thioether (sulfide) groups is 1. The molecule has 0 aromatic heterocycles. The van der Waals surface area contributed by atoms with Gasteiger partial charge in [-0.1, -0.05) is 12.1 Å². The average Bonchev–Trinajstić information content (AvgIpc) is 2.39. The first-order valence-corrected chi connectivity index (χ1v) is 7.46. The minimum absolute atomic E-state index is 0.224. The smallest absolute Gasteiger partial charge is 0.325 e. The normalized spacial score (nSPS) is 14.0. The number of esters is 1. The van der Waals surface area contributed by atoms with Crippen molar-refractivity contribution in [3.8, 4) is 0 Å². The summed E-state index contributed by atoms with van der Waals surface area (Å²) in [6.07, 6.45) is 0.710. The molecule has 0 spiro atoms. The number of hydrogen-bond donors (Lipinski definition) is 1. The van der Waals surface area contributed by atoms with Gasteiger partial charge in [0, 0.05) is 15.1 Å². The minimum Gasteiger partial charge on any atom is -0.468 e. The van der Waals surface area contributed by atoms with E-state index in [1.165, 1.54) is 12.0 Å². The molecular weight excluding hydrogens is 314 g/mol. The average molecular weight is 332 g/mol. The molecule has 0 saturated carbocycles. The minimum atomic E-state index is -0.622. The molecule has 0 radical (unpaired) electrons. The van der Waals surface area contributed by atoms with E-state index < -0.39 is 5.54 Å². The summed E-state index contributed by atoms with van der Waals surface area (Å²) in [5, 5.41) is 3.03. The van der Waals surface area contributed by atoms with Gasteiger partial charge in [0.15, 0.2) is 0 Å². The molecule has 1 N–H and O–H groups in total. The van der Waals surface area contributed by atoms with Crippen LogP contribution in [0.5, 0.6) is 0 Å². The number of carbonyl (C=O) groups is 1. The summed E-state index contributed by atoms with van der Waals surface area (Å²) in [5.41, 5.74) is -0.622. The van der Waals surface area contributed by atoms with Crippen LogP contribution in [0.2, 0.25) is 0 Å². The molecule has 0 aliphatic carbocycles. The Hall–Kier alpha value is -0.520. The Kier molecular flexibility index (Phi) is 6.18. The fourth-order valence-electron chi connectivity index (χ4n) is 1.48. The predicted octanol–water partition coefficient (Wildman–Crippen LogP) is 3.08. The van der Waals surface area contributed by atoms with E-state index in [1.54, 1.807) is 18.8 Å². The molecular formula is C13H18BrNO2S. The van der Waals surface area contributed by atoms with Gasteiger partial charge in [0.1, 0.15) is 5.54 Å². The topological polar surface area (TPSA) is 38.3 Å². The zero-order chi connectivity index (χ0) is 13.6. The summed E-state index contributed by atoms with van der Waals surface area (Å²) in [4.78, 5) is 12.9. The monoisotopic (exact) mass is 331 g/mol. The van der Waals surface area contributed by atoms with Gasteiger partial charge in [0.2, 0.25) is 0 Å². The lowest BCUT2D eigenvalue weighted by molar-refractivity contribution is -0.147. The number of halogens is 1. The van der Waals surface area contributed by atoms with Crippen LogP contribution in [0.15, 0.2) is 33.6 Å². The fourth-order valence-corrected chi connectivity index (χ4v) is 3.22. The molecule has 0 amide bonds. The molecule has 5 heteroatoms. The lowest BCUT2D eigenvalue weighted by Crippen LogP contribution is -2.48. The van der Waals surface area contributed by atoms with Crippen molar-refractivity contribution in [2.75, 3.05) is 19.9 Å². The van der Waals surface area contributed by atoms with E-state index >= 15 is 0 Å². The van der Waals surface area contributed by atoms with Crippen LogP contribution in [0.4, 0.5) is 0 Å². The van der Waals surface area contributed by atoms with E-state index in [4.69, 9.17) is 4.74 Å². The maximum Gasteiger partial charge on any atom is 0.325 e. The Morgan fingerprint density at radius 1 is 1.50 bits per heavy atom. The Labute approximate surface area is 121 Å². The second kappa shape index (κ2) is 7.16. The van der Waals surface area contributed by atoms with Gasteiger partial charge in [0.25, 0.3) is 0 Å². The summed E-state index contributed by atoms with van der Waals surface area (Å²) in [7, 11) is 3.19. The second-order valence-electron chi connectivity index (χ2n) is 4.10. The van der Waals surface area contributed by atoms with E-state index in [9.17, 15) is 4.79 Å². The van der Waals surface area contributed by atoms with Crippen molar-refractivity contribution >= 4 is 33.7 Å². The number of hydrogen-bond acceptors (Lipinski definition) is 4. The number of benzene rings is 1. The lowest BCUT2D eigenvalue weighted by atomic mass is 10.00. The maximum atomic E-state index is 11.7. The number of methoxy groups -OCH3 is 1. The summed E-state index contributed by atoms with van der Waals surface area (Å²) < 4.78 is 5.90. The Morgan fingerprint density at radius 2 is 2.17 bits per heavy atom. The molecule has 0 heterocycles. The summed E-state index contributed by atoms with van der Waals surface area (Å²) in [6, 6.07) is 8.06. The molecule has 0 aliphatic heterocycles. The number of nitrogens with one attached hydrogen (secondary N) is 1. The van der Waals surface area contributed by atoms with Gasteiger partial charge in [0.05, 0.1) is 7.11 Å². The molecule has 0 aliphatic rings. The third-order valence-corrected chi connectivity index (χ3v) is 4.91. The molecule has 1 atom stereocenters. The van der Waals surface area contributed by atoms with E-state index in [2.05, 4.69) is 27.3 Å². The van der Waals surface area contributed by atoms with Crippen LogP contribution in [0.1, 0.15) is 13.3 Å². The SMILES string of the molecule is CNC(C)(CCSc1ccccc1Br)C(=O)OC. The first-order chi connectivity index (χ1) is 8.53. The maximum absolute atomic E-state index is 11.7. The quantitative estimate of drug-likeness (QED) is 0.642. The van der Waals surface area contributed by atoms with Crippen LogP contribution in [0.25, 0.3) is 0 Å². The molecule has 0 saturated heterocycles. The van der Waals surface area contributed by atoms with Crippen molar-refractivity contribution < 1.29 is 9.53 Å². The standard InChI is InChI=1S/C13H18BrNO2S/c1-13(15-2,12(16)17-3)8-9-18-11-7-5-4-6-10(11)14/h4-7,15H,8-9H2,1-3H3. The van der Waals surface area contributed by atoms with E-state index in [-0.39, 0.29) is 5.97 Å². The van der Waals surface area contributed by atoms with Gasteiger partial charge in [-0.3, -0.25) is 4.79 Å². The van der Waals surface area contributed by atoms with Gasteiger partial charge in [-0.25, -0.2) is 0 Å². The van der Waals surface area contributed by atoms with Crippen LogP contribution in [0.3, 0.4) is 0 Å². The van der Waals surface area contributed by atoms with Crippen molar-refractivity contribution in [2.45, 2.75) is 23.8 Å². The largest absolute Gasteiger partial charge is 0.468 e. The first-order valence-electron chi connectivity index (χ1n) is 5.68. The highest BCUT2D eigenvalue weighted by atomic mass is 79.9. The summed E-state index contributed by atoms with van der Waals surface area (Å²) in [6.45, 7) is 1.86. The number of carbonyl (C=O) groups excluding carboxylic acids is 1. The lowest BCUT2D eigenvalue weighted by Gasteiger charge is -2.25. The van der Waals surface area contributed by atoms with E-state index in [0.29, 0.717) is 6.42 Å². The third kappa shape index (κ3) is 4.00. The van der Waals surface area contributed by atoms with Crippen LogP contribution >= 0.6 is 27.7 Å². The van der Waals surface area contributed by atoms with E-state index in [1.807, 2.05) is 25.1 Å². The molecule has 1 aromatic rings. The van der Waals surface area contributed by atoms with Gasteiger partial charge in [-0.15, -0.1) is 11.8 Å². The zero-order valence-electron chi connectivity index (χ0n) is 10.8. The molecule has 0 fully saturated rings. The first kappa shape index (κ1) is 15.5. The van der Waals surface area contributed by atoms with Crippen molar-refractivity contribution in [3.63, 3.8) is 0 Å². The van der Waals surface area contributed by atoms with Gasteiger partial charge in [-0.05, 0) is 48.5 Å². The number of rotatable bonds is 6. The second-order valence-corrected chi connectivity index (χ2v) is 6.09. The van der Waals surface area contributed by atoms with Crippen LogP contribution in [-0.4, -0.2) is 31.4 Å². The molecule has 0 bridgehead atoms. The molecule has 1 rings (SSSR count). The van der Waals surface area contributed by atoms with Crippen LogP contribution in [0, 0.1) is 0 Å². The highest BCUT2D eigenvalue weighted by molar-refractivity contribution is 9.10. The van der Waals surface area contributed by atoms with Crippen molar-refractivity contribution in [1.82, 2.24) is 5.32 Å². The van der Waals surface area contributed by atoms with Crippen LogP contribution in [-0.2, 0) is 9.53 Å². The van der Waals surface area contributed by atoms with Crippen molar-refractivity contribution in [3.05, 3.63) is 28.7 Å². The van der Waals surface area contributed by atoms with Gasteiger partial charge >= 0.3 is 5.97 Å². The highest BCUT2D eigenvalue weighted by Gasteiger charge is 2.31.